The van der Waals surface area contributed by atoms with E-state index in [0.717, 1.165) is 11.8 Å². The number of rotatable bonds is 6. The molecule has 3 nitrogen and oxygen atoms in total. The number of aldehydes is 1. The van der Waals surface area contributed by atoms with Gasteiger partial charge < -0.3 is 10.1 Å². The van der Waals surface area contributed by atoms with Gasteiger partial charge in [0.1, 0.15) is 6.29 Å². The predicted molar refractivity (Wildman–Crippen MR) is 67.3 cm³/mol. The molecule has 91 valence electrons. The van der Waals surface area contributed by atoms with Crippen molar-refractivity contribution in [3.63, 3.8) is 0 Å². The normalized spacial score (nSPS) is 12.2. The number of nitrogens with one attached hydrogen (secondary N) is 1. The van der Waals surface area contributed by atoms with Crippen molar-refractivity contribution >= 4 is 12.2 Å². The maximum atomic E-state index is 11.5. The lowest BCUT2D eigenvalue weighted by atomic mass is 10.1. The molecule has 0 fully saturated rings. The second kappa shape index (κ2) is 6.84. The highest BCUT2D eigenvalue weighted by Gasteiger charge is 2.13. The fourth-order valence-electron chi connectivity index (χ4n) is 1.53. The molecule has 1 aromatic rings. The van der Waals surface area contributed by atoms with Crippen molar-refractivity contribution in [2.45, 2.75) is 26.3 Å². The van der Waals surface area contributed by atoms with Gasteiger partial charge in [0.25, 0.3) is 0 Å². The van der Waals surface area contributed by atoms with Crippen molar-refractivity contribution < 1.29 is 9.59 Å². The van der Waals surface area contributed by atoms with Crippen LogP contribution in [0.1, 0.15) is 19.4 Å². The molecule has 17 heavy (non-hydrogen) atoms. The summed E-state index contributed by atoms with van der Waals surface area (Å²) in [5, 5.41) is 2.68. The topological polar surface area (TPSA) is 46.2 Å². The minimum Gasteiger partial charge on any atom is -0.346 e. The molecule has 0 saturated carbocycles. The third-order valence-electron chi connectivity index (χ3n) is 2.28. The standard InChI is InChI=1S/C14H18NO2/c1-11(2)8-14(17)15-13(10-16)9-12-6-4-3-5-7-12/h3-8,10-11,13H,9H2,1-2H3,(H,15,17). The van der Waals surface area contributed by atoms with E-state index in [0.29, 0.717) is 6.42 Å². The van der Waals surface area contributed by atoms with Crippen LogP contribution in [0.25, 0.3) is 0 Å². The SMILES string of the molecule is CC(C)[CH]C(=O)NC(C=O)Cc1ccccc1. The number of carbonyl (C=O) groups is 2. The van der Waals surface area contributed by atoms with Crippen LogP contribution < -0.4 is 5.32 Å². The van der Waals surface area contributed by atoms with Crippen molar-refractivity contribution in [2.75, 3.05) is 0 Å². The number of hydrogen-bond acceptors (Lipinski definition) is 2. The molecule has 1 radical (unpaired) electrons. The summed E-state index contributed by atoms with van der Waals surface area (Å²) in [5.41, 5.74) is 1.04. The second-order valence-electron chi connectivity index (χ2n) is 4.35. The monoisotopic (exact) mass is 232 g/mol. The fourth-order valence-corrected chi connectivity index (χ4v) is 1.53. The van der Waals surface area contributed by atoms with Gasteiger partial charge in [-0.25, -0.2) is 0 Å². The Labute approximate surface area is 102 Å². The van der Waals surface area contributed by atoms with Gasteiger partial charge >= 0.3 is 0 Å². The number of benzene rings is 1. The first-order chi connectivity index (χ1) is 8.11. The zero-order chi connectivity index (χ0) is 12.7. The van der Waals surface area contributed by atoms with E-state index in [1.165, 1.54) is 0 Å². The van der Waals surface area contributed by atoms with Gasteiger partial charge in [0, 0.05) is 0 Å². The molecule has 0 aliphatic rings. The molecule has 1 atom stereocenters. The molecule has 0 aromatic heterocycles. The molecule has 1 unspecified atom stereocenters. The molecule has 0 heterocycles. The number of carbonyl (C=O) groups excluding carboxylic acids is 2. The van der Waals surface area contributed by atoms with E-state index >= 15 is 0 Å². The van der Waals surface area contributed by atoms with Crippen molar-refractivity contribution in [3.8, 4) is 0 Å². The van der Waals surface area contributed by atoms with Crippen molar-refractivity contribution in [2.24, 2.45) is 5.92 Å². The number of hydrogen-bond donors (Lipinski definition) is 1. The lowest BCUT2D eigenvalue weighted by molar-refractivity contribution is -0.121. The second-order valence-corrected chi connectivity index (χ2v) is 4.35. The van der Waals surface area contributed by atoms with E-state index in [4.69, 9.17) is 0 Å². The summed E-state index contributed by atoms with van der Waals surface area (Å²) in [7, 11) is 0. The van der Waals surface area contributed by atoms with Gasteiger partial charge in [0.2, 0.25) is 5.91 Å². The number of amides is 1. The summed E-state index contributed by atoms with van der Waals surface area (Å²) >= 11 is 0. The maximum absolute atomic E-state index is 11.5. The summed E-state index contributed by atoms with van der Waals surface area (Å²) in [4.78, 5) is 22.4. The average Bonchev–Trinajstić information content (AvgIpc) is 2.28. The van der Waals surface area contributed by atoms with Gasteiger partial charge in [0.05, 0.1) is 12.5 Å². The Kier molecular flexibility index (Phi) is 5.40. The minimum atomic E-state index is -0.458. The van der Waals surface area contributed by atoms with Gasteiger partial charge in [-0.15, -0.1) is 0 Å². The Hall–Kier alpha value is -1.64. The Morgan fingerprint density at radius 2 is 1.94 bits per heavy atom. The summed E-state index contributed by atoms with van der Waals surface area (Å²) in [5.74, 6) is -0.00735. The molecule has 0 spiro atoms. The van der Waals surface area contributed by atoms with E-state index in [2.05, 4.69) is 5.32 Å². The molecule has 3 heteroatoms. The van der Waals surface area contributed by atoms with Crippen LogP contribution in [-0.2, 0) is 16.0 Å². The molecule has 1 N–H and O–H groups in total. The van der Waals surface area contributed by atoms with Gasteiger partial charge in [-0.05, 0) is 17.9 Å². The summed E-state index contributed by atoms with van der Waals surface area (Å²) in [6.45, 7) is 3.85. The first kappa shape index (κ1) is 13.4. The van der Waals surface area contributed by atoms with Gasteiger partial charge in [-0.2, -0.15) is 0 Å². The highest BCUT2D eigenvalue weighted by molar-refractivity contribution is 5.87. The van der Waals surface area contributed by atoms with E-state index in [9.17, 15) is 9.59 Å². The molecule has 1 aromatic carbocycles. The molecule has 1 amide bonds. The first-order valence-electron chi connectivity index (χ1n) is 5.76. The maximum Gasteiger partial charge on any atom is 0.224 e. The smallest absolute Gasteiger partial charge is 0.224 e. The van der Waals surface area contributed by atoms with Gasteiger partial charge in [-0.1, -0.05) is 44.2 Å². The molecule has 0 bridgehead atoms. The summed E-state index contributed by atoms with van der Waals surface area (Å²) in [6.07, 6.45) is 2.88. The van der Waals surface area contributed by atoms with Gasteiger partial charge in [-0.3, -0.25) is 4.79 Å². The van der Waals surface area contributed by atoms with Crippen LogP contribution >= 0.6 is 0 Å². The Morgan fingerprint density at radius 3 is 2.47 bits per heavy atom. The Morgan fingerprint density at radius 1 is 1.29 bits per heavy atom. The van der Waals surface area contributed by atoms with Crippen LogP contribution in [0.2, 0.25) is 0 Å². The lowest BCUT2D eigenvalue weighted by Crippen LogP contribution is -2.38. The summed E-state index contributed by atoms with van der Waals surface area (Å²) in [6, 6.07) is 9.17. The largest absolute Gasteiger partial charge is 0.346 e. The van der Waals surface area contributed by atoms with Crippen LogP contribution in [-0.4, -0.2) is 18.2 Å². The molecular formula is C14H18NO2. The van der Waals surface area contributed by atoms with E-state index in [-0.39, 0.29) is 11.8 Å². The molecule has 1 rings (SSSR count). The van der Waals surface area contributed by atoms with Gasteiger partial charge in [0.15, 0.2) is 0 Å². The van der Waals surface area contributed by atoms with E-state index in [1.54, 1.807) is 6.42 Å². The molecule has 0 saturated heterocycles. The highest BCUT2D eigenvalue weighted by Crippen LogP contribution is 2.03. The summed E-state index contributed by atoms with van der Waals surface area (Å²) < 4.78 is 0. The quantitative estimate of drug-likeness (QED) is 0.760. The Balaban J connectivity index is 2.49. The van der Waals surface area contributed by atoms with Crippen LogP contribution in [0.5, 0.6) is 0 Å². The zero-order valence-electron chi connectivity index (χ0n) is 10.2. The van der Waals surface area contributed by atoms with Crippen molar-refractivity contribution in [1.29, 1.82) is 0 Å². The van der Waals surface area contributed by atoms with Crippen molar-refractivity contribution in [1.82, 2.24) is 5.32 Å². The Bertz CT molecular complexity index is 360. The highest BCUT2D eigenvalue weighted by atomic mass is 16.2. The third kappa shape index (κ3) is 5.29. The molecular weight excluding hydrogens is 214 g/mol. The van der Waals surface area contributed by atoms with Crippen LogP contribution in [0.4, 0.5) is 0 Å². The van der Waals surface area contributed by atoms with Crippen LogP contribution in [0.3, 0.4) is 0 Å². The zero-order valence-corrected chi connectivity index (χ0v) is 10.2. The minimum absolute atomic E-state index is 0.180. The van der Waals surface area contributed by atoms with Crippen molar-refractivity contribution in [3.05, 3.63) is 42.3 Å². The van der Waals surface area contributed by atoms with E-state index < -0.39 is 6.04 Å². The predicted octanol–water partition coefficient (Wildman–Crippen LogP) is 1.77. The van der Waals surface area contributed by atoms with Crippen LogP contribution in [0, 0.1) is 12.3 Å². The fraction of sp³-hybridized carbons (Fsp3) is 0.357. The average molecular weight is 232 g/mol. The third-order valence-corrected chi connectivity index (χ3v) is 2.28. The lowest BCUT2D eigenvalue weighted by Gasteiger charge is -2.13. The molecule has 0 aliphatic carbocycles. The molecule has 0 aliphatic heterocycles. The first-order valence-corrected chi connectivity index (χ1v) is 5.76. The van der Waals surface area contributed by atoms with E-state index in [1.807, 2.05) is 44.2 Å². The van der Waals surface area contributed by atoms with Crippen LogP contribution in [0.15, 0.2) is 30.3 Å².